The minimum Gasteiger partial charge on any atom is -0.473 e. The summed E-state index contributed by atoms with van der Waals surface area (Å²) in [5.41, 5.74) is 3.94. The Labute approximate surface area is 275 Å². The lowest BCUT2D eigenvalue weighted by Gasteiger charge is -2.40. The maximum atomic E-state index is 12.9. The fourth-order valence-corrected chi connectivity index (χ4v) is 6.31. The molecule has 2 fully saturated rings. The van der Waals surface area contributed by atoms with Crippen LogP contribution in [0.25, 0.3) is 21.9 Å². The Morgan fingerprint density at radius 3 is 2.66 bits per heavy atom. The fraction of sp³-hybridized carbons (Fsp3) is 0.444. The number of esters is 1. The first kappa shape index (κ1) is 31.1. The predicted molar refractivity (Wildman–Crippen MR) is 181 cm³/mol. The molecule has 0 N–H and O–H groups in total. The largest absolute Gasteiger partial charge is 0.473 e. The SMILES string of the molecule is C[C@H]1CN(c2cccc(OCc3ccc4cnn(C)c4c3)n2)CCN1Cc1nc2ccc(C(=O)OC(C)(C)C)cc2n1C[C@@H]1CCO1. The van der Waals surface area contributed by atoms with Gasteiger partial charge in [-0.15, -0.1) is 0 Å². The Morgan fingerprint density at radius 2 is 1.89 bits per heavy atom. The zero-order valence-electron chi connectivity index (χ0n) is 27.8. The summed E-state index contributed by atoms with van der Waals surface area (Å²) in [5.74, 6) is 2.18. The molecule has 246 valence electrons. The number of carbonyl (C=O) groups excluding carboxylic acids is 1. The van der Waals surface area contributed by atoms with Gasteiger partial charge in [0.15, 0.2) is 0 Å². The molecule has 3 aromatic heterocycles. The third-order valence-electron chi connectivity index (χ3n) is 8.98. The van der Waals surface area contributed by atoms with E-state index in [4.69, 9.17) is 24.2 Å². The van der Waals surface area contributed by atoms with Crippen molar-refractivity contribution in [3.8, 4) is 5.88 Å². The number of hydrogen-bond donors (Lipinski definition) is 0. The number of fused-ring (bicyclic) bond motifs is 2. The number of carbonyl (C=O) groups is 1. The Balaban J connectivity index is 1.03. The number of piperazine rings is 1. The van der Waals surface area contributed by atoms with Crippen molar-refractivity contribution >= 4 is 33.7 Å². The highest BCUT2D eigenvalue weighted by molar-refractivity contribution is 5.94. The van der Waals surface area contributed by atoms with Gasteiger partial charge in [0.05, 0.1) is 47.5 Å². The van der Waals surface area contributed by atoms with Gasteiger partial charge in [-0.3, -0.25) is 9.58 Å². The normalized spacial score (nSPS) is 18.9. The van der Waals surface area contributed by atoms with E-state index in [0.29, 0.717) is 31.1 Å². The highest BCUT2D eigenvalue weighted by Gasteiger charge is 2.28. The van der Waals surface area contributed by atoms with Crippen LogP contribution in [0, 0.1) is 0 Å². The summed E-state index contributed by atoms with van der Waals surface area (Å²) in [4.78, 5) is 27.6. The lowest BCUT2D eigenvalue weighted by Crippen LogP contribution is -2.52. The van der Waals surface area contributed by atoms with Gasteiger partial charge in [-0.05, 0) is 70.0 Å². The summed E-state index contributed by atoms with van der Waals surface area (Å²) in [7, 11) is 1.95. The minimum absolute atomic E-state index is 0.157. The average molecular weight is 638 g/mol. The van der Waals surface area contributed by atoms with Gasteiger partial charge >= 0.3 is 5.97 Å². The highest BCUT2D eigenvalue weighted by Crippen LogP contribution is 2.27. The Hall–Kier alpha value is -4.48. The van der Waals surface area contributed by atoms with Crippen molar-refractivity contribution in [2.45, 2.75) is 71.6 Å². The number of anilines is 1. The van der Waals surface area contributed by atoms with Crippen molar-refractivity contribution in [3.05, 3.63) is 77.7 Å². The smallest absolute Gasteiger partial charge is 0.338 e. The molecule has 7 rings (SSSR count). The van der Waals surface area contributed by atoms with E-state index in [2.05, 4.69) is 50.7 Å². The van der Waals surface area contributed by atoms with E-state index in [-0.39, 0.29) is 18.1 Å². The van der Waals surface area contributed by atoms with Gasteiger partial charge in [-0.2, -0.15) is 10.1 Å². The Morgan fingerprint density at radius 1 is 1.04 bits per heavy atom. The van der Waals surface area contributed by atoms with Gasteiger partial charge in [0.1, 0.15) is 23.9 Å². The summed E-state index contributed by atoms with van der Waals surface area (Å²) >= 11 is 0. The van der Waals surface area contributed by atoms with Gasteiger partial charge in [0, 0.05) is 50.8 Å². The molecule has 2 saturated heterocycles. The lowest BCUT2D eigenvalue weighted by atomic mass is 10.1. The molecule has 0 aliphatic carbocycles. The molecule has 0 spiro atoms. The number of imidazole rings is 1. The topological polar surface area (TPSA) is 99.8 Å². The number of nitrogens with zero attached hydrogens (tertiary/aromatic N) is 7. The first-order valence-corrected chi connectivity index (χ1v) is 16.4. The lowest BCUT2D eigenvalue weighted by molar-refractivity contribution is -0.0592. The maximum absolute atomic E-state index is 12.9. The van der Waals surface area contributed by atoms with Crippen LogP contribution in [-0.4, -0.2) is 79.2 Å². The van der Waals surface area contributed by atoms with E-state index < -0.39 is 5.60 Å². The van der Waals surface area contributed by atoms with Crippen molar-refractivity contribution in [1.29, 1.82) is 0 Å². The average Bonchev–Trinajstić information content (AvgIpc) is 3.56. The zero-order valence-corrected chi connectivity index (χ0v) is 27.8. The van der Waals surface area contributed by atoms with Crippen LogP contribution in [0.1, 0.15) is 55.9 Å². The van der Waals surface area contributed by atoms with Crippen LogP contribution in [0.4, 0.5) is 5.82 Å². The maximum Gasteiger partial charge on any atom is 0.338 e. The first-order chi connectivity index (χ1) is 22.6. The number of aryl methyl sites for hydroxylation is 1. The molecular formula is C36H43N7O4. The molecule has 0 bridgehead atoms. The third kappa shape index (κ3) is 6.82. The van der Waals surface area contributed by atoms with Crippen LogP contribution >= 0.6 is 0 Å². The van der Waals surface area contributed by atoms with Gasteiger partial charge in [-0.25, -0.2) is 9.78 Å². The van der Waals surface area contributed by atoms with Crippen molar-refractivity contribution in [1.82, 2.24) is 29.2 Å². The van der Waals surface area contributed by atoms with Crippen LogP contribution < -0.4 is 9.64 Å². The molecule has 47 heavy (non-hydrogen) atoms. The van der Waals surface area contributed by atoms with Crippen molar-refractivity contribution in [3.63, 3.8) is 0 Å². The van der Waals surface area contributed by atoms with Crippen molar-refractivity contribution in [2.24, 2.45) is 7.05 Å². The molecule has 11 heteroatoms. The second-order valence-corrected chi connectivity index (χ2v) is 13.7. The molecule has 2 aliphatic heterocycles. The summed E-state index contributed by atoms with van der Waals surface area (Å²) in [6.45, 7) is 13.1. The number of hydrogen-bond acceptors (Lipinski definition) is 9. The van der Waals surface area contributed by atoms with E-state index in [1.807, 2.05) is 69.0 Å². The summed E-state index contributed by atoms with van der Waals surface area (Å²) in [6, 6.07) is 18.1. The number of pyridine rings is 1. The Bertz CT molecular complexity index is 1900. The third-order valence-corrected chi connectivity index (χ3v) is 8.98. The summed E-state index contributed by atoms with van der Waals surface area (Å²) in [5, 5.41) is 5.44. The number of ether oxygens (including phenoxy) is 3. The standard InChI is InChI=1S/C36H43N7O4/c1-24-20-42(32-7-6-8-34(39-32)46-23-25-9-10-27-19-37-40(5)30(27)17-25)15-14-41(24)22-33-38-29-12-11-26(35(44)47-36(2,3)4)18-31(29)43(33)21-28-13-16-45-28/h6-12,17-19,24,28H,13-16,20-23H2,1-5H3/t24-,28-/m0/s1. The van der Waals surface area contributed by atoms with E-state index >= 15 is 0 Å². The van der Waals surface area contributed by atoms with Gasteiger partial charge < -0.3 is 23.7 Å². The summed E-state index contributed by atoms with van der Waals surface area (Å²) in [6.07, 6.45) is 3.05. The molecule has 0 unspecified atom stereocenters. The quantitative estimate of drug-likeness (QED) is 0.198. The van der Waals surface area contributed by atoms with Gasteiger partial charge in [-0.1, -0.05) is 18.2 Å². The van der Waals surface area contributed by atoms with E-state index in [0.717, 1.165) is 71.8 Å². The molecule has 5 heterocycles. The molecule has 2 aliphatic rings. The molecule has 0 saturated carbocycles. The van der Waals surface area contributed by atoms with Crippen molar-refractivity contribution < 1.29 is 19.0 Å². The van der Waals surface area contributed by atoms with Crippen molar-refractivity contribution in [2.75, 3.05) is 31.1 Å². The second kappa shape index (κ2) is 12.6. The molecular weight excluding hydrogens is 594 g/mol. The van der Waals surface area contributed by atoms with E-state index in [9.17, 15) is 4.79 Å². The molecule has 0 radical (unpaired) electrons. The second-order valence-electron chi connectivity index (χ2n) is 13.7. The van der Waals surface area contributed by atoms with Crippen LogP contribution in [0.15, 0.2) is 60.8 Å². The minimum atomic E-state index is -0.560. The predicted octanol–water partition coefficient (Wildman–Crippen LogP) is 5.35. The molecule has 2 atom stereocenters. The van der Waals surface area contributed by atoms with Gasteiger partial charge in [0.25, 0.3) is 0 Å². The zero-order chi connectivity index (χ0) is 32.7. The number of rotatable bonds is 9. The van der Waals surface area contributed by atoms with Crippen LogP contribution in [0.3, 0.4) is 0 Å². The van der Waals surface area contributed by atoms with Gasteiger partial charge in [0.2, 0.25) is 5.88 Å². The summed E-state index contributed by atoms with van der Waals surface area (Å²) < 4.78 is 21.7. The van der Waals surface area contributed by atoms with Crippen LogP contribution in [0.2, 0.25) is 0 Å². The Kier molecular flexibility index (Phi) is 8.36. The van der Waals surface area contributed by atoms with E-state index in [1.54, 1.807) is 0 Å². The molecule has 5 aromatic rings. The molecule has 11 nitrogen and oxygen atoms in total. The highest BCUT2D eigenvalue weighted by atomic mass is 16.6. The fourth-order valence-electron chi connectivity index (χ4n) is 6.31. The monoisotopic (exact) mass is 637 g/mol. The molecule has 2 aromatic carbocycles. The van der Waals surface area contributed by atoms with E-state index in [1.165, 1.54) is 0 Å². The number of benzene rings is 2. The number of aromatic nitrogens is 5. The van der Waals surface area contributed by atoms with Crippen LogP contribution in [-0.2, 0) is 36.2 Å². The molecule has 0 amide bonds. The first-order valence-electron chi connectivity index (χ1n) is 16.4. The van der Waals surface area contributed by atoms with Crippen LogP contribution in [0.5, 0.6) is 5.88 Å².